The Bertz CT molecular complexity index is 833. The molecule has 3 rings (SSSR count). The highest BCUT2D eigenvalue weighted by Gasteiger charge is 2.41. The lowest BCUT2D eigenvalue weighted by Crippen LogP contribution is -2.49. The molecule has 0 aliphatic carbocycles. The van der Waals surface area contributed by atoms with Crippen molar-refractivity contribution in [1.82, 2.24) is 10.3 Å². The van der Waals surface area contributed by atoms with Crippen LogP contribution in [0.4, 0.5) is 10.1 Å². The minimum atomic E-state index is -0.707. The number of rotatable bonds is 5. The smallest absolute Gasteiger partial charge is 0.236 e. The van der Waals surface area contributed by atoms with Crippen LogP contribution < -0.4 is 10.6 Å². The third kappa shape index (κ3) is 4.57. The molecule has 0 spiro atoms. The van der Waals surface area contributed by atoms with Crippen molar-refractivity contribution in [3.63, 3.8) is 0 Å². The molecule has 1 amide bonds. The molecule has 0 saturated carbocycles. The Labute approximate surface area is 157 Å². The van der Waals surface area contributed by atoms with Gasteiger partial charge in [-0.3, -0.25) is 10.2 Å². The molecule has 1 aliphatic rings. The monoisotopic (exact) mass is 368 g/mol. The Morgan fingerprint density at radius 3 is 2.67 bits per heavy atom. The van der Waals surface area contributed by atoms with Crippen molar-refractivity contribution in [3.8, 4) is 0 Å². The van der Waals surface area contributed by atoms with E-state index in [1.165, 1.54) is 24.5 Å². The van der Waals surface area contributed by atoms with Gasteiger partial charge in [0.1, 0.15) is 5.84 Å². The summed E-state index contributed by atoms with van der Waals surface area (Å²) in [7, 11) is 0. The van der Waals surface area contributed by atoms with Crippen molar-refractivity contribution in [1.29, 1.82) is 5.41 Å². The first kappa shape index (κ1) is 18.7. The van der Waals surface area contributed by atoms with Crippen LogP contribution in [-0.2, 0) is 14.9 Å². The average Bonchev–Trinajstić information content (AvgIpc) is 2.69. The fraction of sp³-hybridized carbons (Fsp3) is 0.250. The van der Waals surface area contributed by atoms with Gasteiger partial charge in [-0.05, 0) is 30.5 Å². The summed E-state index contributed by atoms with van der Waals surface area (Å²) in [6, 6.07) is 12.4. The van der Waals surface area contributed by atoms with Crippen LogP contribution >= 0.6 is 0 Å². The number of carbonyl (C=O) groups is 1. The molecule has 0 unspecified atom stereocenters. The SMILES string of the molecule is N=C(/C=C\Nc1ccnc(F)c1)NC(=O)C1(c2ccccc2)CCOCC1. The van der Waals surface area contributed by atoms with E-state index in [0.29, 0.717) is 31.7 Å². The molecular formula is C20H21FN4O2. The zero-order chi connectivity index (χ0) is 19.1. The normalized spacial score (nSPS) is 16.0. The first-order chi connectivity index (χ1) is 13.1. The Kier molecular flexibility index (Phi) is 5.93. The number of amides is 1. The van der Waals surface area contributed by atoms with Crippen LogP contribution in [0.25, 0.3) is 0 Å². The number of nitrogens with one attached hydrogen (secondary N) is 3. The van der Waals surface area contributed by atoms with Gasteiger partial charge in [-0.2, -0.15) is 4.39 Å². The lowest BCUT2D eigenvalue weighted by Gasteiger charge is -2.36. The maximum atomic E-state index is 13.0. The quantitative estimate of drug-likeness (QED) is 0.430. The molecule has 1 aromatic heterocycles. The predicted molar refractivity (Wildman–Crippen MR) is 101 cm³/mol. The van der Waals surface area contributed by atoms with E-state index in [4.69, 9.17) is 10.1 Å². The van der Waals surface area contributed by atoms with Crippen LogP contribution in [0.2, 0.25) is 0 Å². The summed E-state index contributed by atoms with van der Waals surface area (Å²) in [6.07, 6.45) is 5.35. The van der Waals surface area contributed by atoms with E-state index in [9.17, 15) is 9.18 Å². The minimum Gasteiger partial charge on any atom is -0.381 e. The van der Waals surface area contributed by atoms with E-state index in [0.717, 1.165) is 5.56 Å². The first-order valence-electron chi connectivity index (χ1n) is 8.68. The summed E-state index contributed by atoms with van der Waals surface area (Å²) in [5.41, 5.74) is 0.720. The fourth-order valence-corrected chi connectivity index (χ4v) is 3.12. The molecule has 0 atom stereocenters. The molecule has 2 heterocycles. The van der Waals surface area contributed by atoms with Gasteiger partial charge >= 0.3 is 0 Å². The summed E-state index contributed by atoms with van der Waals surface area (Å²) >= 11 is 0. The molecule has 2 aromatic rings. The number of ether oxygens (including phenoxy) is 1. The number of nitrogens with zero attached hydrogens (tertiary/aromatic N) is 1. The van der Waals surface area contributed by atoms with Crippen molar-refractivity contribution in [3.05, 3.63) is 72.4 Å². The summed E-state index contributed by atoms with van der Waals surface area (Å²) in [4.78, 5) is 16.5. The number of hydrogen-bond donors (Lipinski definition) is 3. The molecule has 6 nitrogen and oxygen atoms in total. The number of anilines is 1. The third-order valence-corrected chi connectivity index (χ3v) is 4.58. The van der Waals surface area contributed by atoms with Crippen LogP contribution in [0.5, 0.6) is 0 Å². The molecule has 1 saturated heterocycles. The minimum absolute atomic E-state index is 0.0520. The molecule has 1 aliphatic heterocycles. The molecule has 0 radical (unpaired) electrons. The lowest BCUT2D eigenvalue weighted by molar-refractivity contribution is -0.129. The molecule has 0 bridgehead atoms. The molecular weight excluding hydrogens is 347 g/mol. The van der Waals surface area contributed by atoms with Gasteiger partial charge in [-0.15, -0.1) is 0 Å². The molecule has 140 valence electrons. The Morgan fingerprint density at radius 2 is 1.96 bits per heavy atom. The molecule has 1 fully saturated rings. The zero-order valence-corrected chi connectivity index (χ0v) is 14.7. The van der Waals surface area contributed by atoms with Crippen LogP contribution in [0.15, 0.2) is 60.9 Å². The number of hydrogen-bond acceptors (Lipinski definition) is 5. The summed E-state index contributed by atoms with van der Waals surface area (Å²) < 4.78 is 18.5. The Morgan fingerprint density at radius 1 is 1.22 bits per heavy atom. The number of aromatic nitrogens is 1. The fourth-order valence-electron chi connectivity index (χ4n) is 3.12. The van der Waals surface area contributed by atoms with E-state index >= 15 is 0 Å². The van der Waals surface area contributed by atoms with Gasteiger partial charge in [0, 0.05) is 37.4 Å². The van der Waals surface area contributed by atoms with Crippen molar-refractivity contribution >= 4 is 17.4 Å². The van der Waals surface area contributed by atoms with Gasteiger partial charge in [-0.1, -0.05) is 30.3 Å². The third-order valence-electron chi connectivity index (χ3n) is 4.58. The topological polar surface area (TPSA) is 87.1 Å². The summed E-state index contributed by atoms with van der Waals surface area (Å²) in [5, 5.41) is 13.5. The van der Waals surface area contributed by atoms with Gasteiger partial charge in [-0.25, -0.2) is 4.98 Å². The maximum absolute atomic E-state index is 13.0. The van der Waals surface area contributed by atoms with Crippen LogP contribution in [-0.4, -0.2) is 29.9 Å². The van der Waals surface area contributed by atoms with E-state index in [1.807, 2.05) is 30.3 Å². The van der Waals surface area contributed by atoms with Gasteiger partial charge in [0.15, 0.2) is 0 Å². The second kappa shape index (κ2) is 8.55. The number of pyridine rings is 1. The van der Waals surface area contributed by atoms with Crippen LogP contribution in [0.3, 0.4) is 0 Å². The molecule has 3 N–H and O–H groups in total. The zero-order valence-electron chi connectivity index (χ0n) is 14.7. The number of carbonyl (C=O) groups excluding carboxylic acids is 1. The average molecular weight is 368 g/mol. The Balaban J connectivity index is 1.66. The van der Waals surface area contributed by atoms with Gasteiger partial charge in [0.2, 0.25) is 11.9 Å². The highest BCUT2D eigenvalue weighted by atomic mass is 19.1. The predicted octanol–water partition coefficient (Wildman–Crippen LogP) is 2.99. The largest absolute Gasteiger partial charge is 0.381 e. The number of benzene rings is 1. The Hall–Kier alpha value is -3.06. The van der Waals surface area contributed by atoms with Crippen LogP contribution in [0, 0.1) is 11.4 Å². The molecule has 27 heavy (non-hydrogen) atoms. The first-order valence-corrected chi connectivity index (χ1v) is 8.68. The van der Waals surface area contributed by atoms with E-state index in [-0.39, 0.29) is 11.7 Å². The number of halogens is 1. The highest BCUT2D eigenvalue weighted by molar-refractivity contribution is 6.06. The van der Waals surface area contributed by atoms with E-state index in [2.05, 4.69) is 15.6 Å². The standard InChI is InChI=1S/C20H21FN4O2/c21-17-14-16(6-10-24-17)23-11-7-18(22)25-19(26)20(8-12-27-13-9-20)15-4-2-1-3-5-15/h1-7,10-11,14H,8-9,12-13H2,(H,23,24)(H2,22,25,26)/b11-7-. The highest BCUT2D eigenvalue weighted by Crippen LogP contribution is 2.35. The van der Waals surface area contributed by atoms with Crippen molar-refractivity contribution < 1.29 is 13.9 Å². The van der Waals surface area contributed by atoms with Crippen LogP contribution in [0.1, 0.15) is 18.4 Å². The van der Waals surface area contributed by atoms with Gasteiger partial charge < -0.3 is 15.4 Å². The van der Waals surface area contributed by atoms with Gasteiger partial charge in [0.05, 0.1) is 5.41 Å². The molecule has 7 heteroatoms. The molecule has 1 aromatic carbocycles. The maximum Gasteiger partial charge on any atom is 0.236 e. The van der Waals surface area contributed by atoms with E-state index in [1.54, 1.807) is 6.07 Å². The van der Waals surface area contributed by atoms with Gasteiger partial charge in [0.25, 0.3) is 0 Å². The van der Waals surface area contributed by atoms with E-state index < -0.39 is 11.4 Å². The van der Waals surface area contributed by atoms with Crippen molar-refractivity contribution in [2.45, 2.75) is 18.3 Å². The lowest BCUT2D eigenvalue weighted by atomic mass is 9.73. The number of amidine groups is 1. The second-order valence-corrected chi connectivity index (χ2v) is 6.27. The van der Waals surface area contributed by atoms with Crippen molar-refractivity contribution in [2.24, 2.45) is 0 Å². The second-order valence-electron chi connectivity index (χ2n) is 6.27. The van der Waals surface area contributed by atoms with Crippen molar-refractivity contribution in [2.75, 3.05) is 18.5 Å². The summed E-state index contributed by atoms with van der Waals surface area (Å²) in [5.74, 6) is -0.869. The summed E-state index contributed by atoms with van der Waals surface area (Å²) in [6.45, 7) is 1.00.